The normalized spacial score (nSPS) is 13.2. The number of pyridine rings is 1. The second kappa shape index (κ2) is 6.52. The smallest absolute Gasteiger partial charge is 0.124 e. The Hall–Kier alpha value is -2.93. The number of fused-ring (bicyclic) bond motifs is 1. The zero-order chi connectivity index (χ0) is 18.0. The lowest BCUT2D eigenvalue weighted by atomic mass is 10.1. The van der Waals surface area contributed by atoms with E-state index in [1.54, 1.807) is 31.7 Å². The maximum atomic E-state index is 11.9. The molecule has 0 spiro atoms. The van der Waals surface area contributed by atoms with E-state index in [0.717, 1.165) is 16.6 Å². The standard InChI is InChI=1S/C18H19N3O3S/c1-24-15-9-13(8-14(22)11-15)20-18-6-7-19-17-5-4-12(10-16(17)18)21-25(2,3)23/h4-11,22H,2H2,1,3H3,(H,19,20)(H,21,23). The molecule has 1 atom stereocenters. The molecule has 1 heterocycles. The Kier molecular flexibility index (Phi) is 4.41. The number of hydrogen-bond acceptors (Lipinski definition) is 5. The molecule has 3 rings (SSSR count). The van der Waals surface area contributed by atoms with Crippen LogP contribution in [-0.2, 0) is 9.71 Å². The fourth-order valence-corrected chi connectivity index (χ4v) is 3.12. The van der Waals surface area contributed by atoms with Gasteiger partial charge < -0.3 is 19.9 Å². The lowest BCUT2D eigenvalue weighted by Gasteiger charge is -2.13. The average Bonchev–Trinajstić information content (AvgIpc) is 2.53. The zero-order valence-electron chi connectivity index (χ0n) is 13.9. The topological polar surface area (TPSA) is 83.5 Å². The molecular weight excluding hydrogens is 338 g/mol. The van der Waals surface area contributed by atoms with E-state index in [-0.39, 0.29) is 5.75 Å². The van der Waals surface area contributed by atoms with Gasteiger partial charge in [-0.15, -0.1) is 0 Å². The summed E-state index contributed by atoms with van der Waals surface area (Å²) >= 11 is 0. The van der Waals surface area contributed by atoms with Crippen molar-refractivity contribution in [3.63, 3.8) is 0 Å². The van der Waals surface area contributed by atoms with E-state index >= 15 is 0 Å². The van der Waals surface area contributed by atoms with E-state index in [0.29, 0.717) is 17.1 Å². The highest BCUT2D eigenvalue weighted by Crippen LogP contribution is 2.31. The number of benzene rings is 2. The molecule has 0 aliphatic heterocycles. The average molecular weight is 357 g/mol. The Bertz CT molecular complexity index is 1030. The van der Waals surface area contributed by atoms with Gasteiger partial charge in [0.25, 0.3) is 0 Å². The van der Waals surface area contributed by atoms with Crippen LogP contribution in [0.3, 0.4) is 0 Å². The lowest BCUT2D eigenvalue weighted by molar-refractivity contribution is 0.408. The first-order chi connectivity index (χ1) is 11.8. The summed E-state index contributed by atoms with van der Waals surface area (Å²) in [5.41, 5.74) is 2.96. The monoisotopic (exact) mass is 357 g/mol. The first-order valence-electron chi connectivity index (χ1n) is 7.48. The molecule has 2 aromatic carbocycles. The number of aromatic nitrogens is 1. The van der Waals surface area contributed by atoms with Crippen LogP contribution in [0.4, 0.5) is 17.1 Å². The maximum absolute atomic E-state index is 11.9. The highest BCUT2D eigenvalue weighted by atomic mass is 32.2. The SMILES string of the molecule is C=S(C)(=O)Nc1ccc2nccc(Nc3cc(O)cc(OC)c3)c2c1. The number of nitrogens with one attached hydrogen (secondary N) is 2. The van der Waals surface area contributed by atoms with Gasteiger partial charge in [0.1, 0.15) is 11.5 Å². The van der Waals surface area contributed by atoms with E-state index in [9.17, 15) is 9.32 Å². The molecule has 6 nitrogen and oxygen atoms in total. The molecule has 0 fully saturated rings. The van der Waals surface area contributed by atoms with Crippen molar-refractivity contribution in [2.45, 2.75) is 0 Å². The van der Waals surface area contributed by atoms with Gasteiger partial charge in [-0.05, 0) is 30.1 Å². The van der Waals surface area contributed by atoms with E-state index in [1.165, 1.54) is 6.07 Å². The summed E-state index contributed by atoms with van der Waals surface area (Å²) in [4.78, 5) is 4.34. The van der Waals surface area contributed by atoms with Gasteiger partial charge in [-0.1, -0.05) is 0 Å². The summed E-state index contributed by atoms with van der Waals surface area (Å²) < 4.78 is 19.9. The summed E-state index contributed by atoms with van der Waals surface area (Å²) in [6, 6.07) is 12.3. The van der Waals surface area contributed by atoms with Gasteiger partial charge in [0, 0.05) is 62.8 Å². The van der Waals surface area contributed by atoms with Crippen LogP contribution in [0, 0.1) is 0 Å². The number of phenols is 1. The Labute approximate surface area is 146 Å². The summed E-state index contributed by atoms with van der Waals surface area (Å²) in [5, 5.41) is 13.9. The molecule has 1 aromatic heterocycles. The van der Waals surface area contributed by atoms with Gasteiger partial charge in [0.2, 0.25) is 0 Å². The van der Waals surface area contributed by atoms with Crippen LogP contribution < -0.4 is 14.8 Å². The van der Waals surface area contributed by atoms with Crippen molar-refractivity contribution < 1.29 is 14.1 Å². The minimum atomic E-state index is -2.37. The van der Waals surface area contributed by atoms with Crippen molar-refractivity contribution in [1.29, 1.82) is 0 Å². The minimum absolute atomic E-state index is 0.102. The zero-order valence-corrected chi connectivity index (χ0v) is 14.8. The Morgan fingerprint density at radius 1 is 1.16 bits per heavy atom. The summed E-state index contributed by atoms with van der Waals surface area (Å²) in [7, 11) is -0.832. The summed E-state index contributed by atoms with van der Waals surface area (Å²) in [6.07, 6.45) is 3.24. The maximum Gasteiger partial charge on any atom is 0.124 e. The third-order valence-electron chi connectivity index (χ3n) is 3.48. The fraction of sp³-hybridized carbons (Fsp3) is 0.111. The van der Waals surface area contributed by atoms with Crippen molar-refractivity contribution in [3.8, 4) is 11.5 Å². The van der Waals surface area contributed by atoms with Crippen molar-refractivity contribution in [2.24, 2.45) is 0 Å². The molecule has 0 radical (unpaired) electrons. The third kappa shape index (κ3) is 4.13. The fourth-order valence-electron chi connectivity index (χ4n) is 2.50. The van der Waals surface area contributed by atoms with Crippen LogP contribution in [0.1, 0.15) is 0 Å². The molecule has 3 N–H and O–H groups in total. The van der Waals surface area contributed by atoms with Gasteiger partial charge in [-0.25, -0.2) is 4.21 Å². The van der Waals surface area contributed by atoms with E-state index in [1.807, 2.05) is 24.3 Å². The second-order valence-corrected chi connectivity index (χ2v) is 7.96. The van der Waals surface area contributed by atoms with E-state index < -0.39 is 9.71 Å². The van der Waals surface area contributed by atoms with Gasteiger partial charge in [0.05, 0.1) is 12.6 Å². The Morgan fingerprint density at radius 3 is 2.68 bits per heavy atom. The van der Waals surface area contributed by atoms with Crippen LogP contribution in [-0.4, -0.2) is 33.5 Å². The molecule has 25 heavy (non-hydrogen) atoms. The number of anilines is 3. The Morgan fingerprint density at radius 2 is 1.96 bits per heavy atom. The summed E-state index contributed by atoms with van der Waals surface area (Å²) in [6.45, 7) is 0. The van der Waals surface area contributed by atoms with E-state index in [2.05, 4.69) is 20.9 Å². The molecular formula is C18H19N3O3S. The molecule has 130 valence electrons. The summed E-state index contributed by atoms with van der Waals surface area (Å²) in [5.74, 6) is 4.26. The number of nitrogens with zero attached hydrogens (tertiary/aromatic N) is 1. The van der Waals surface area contributed by atoms with Crippen LogP contribution in [0.2, 0.25) is 0 Å². The first-order valence-corrected chi connectivity index (χ1v) is 9.61. The number of rotatable bonds is 5. The van der Waals surface area contributed by atoms with Crippen LogP contribution in [0.5, 0.6) is 11.5 Å². The van der Waals surface area contributed by atoms with Crippen LogP contribution in [0.15, 0.2) is 48.7 Å². The van der Waals surface area contributed by atoms with Crippen molar-refractivity contribution in [2.75, 3.05) is 23.4 Å². The Balaban J connectivity index is 2.03. The molecule has 1 unspecified atom stereocenters. The predicted molar refractivity (Wildman–Crippen MR) is 104 cm³/mol. The molecule has 0 saturated heterocycles. The lowest BCUT2D eigenvalue weighted by Crippen LogP contribution is -2.09. The number of phenolic OH excluding ortho intramolecular Hbond substituents is 1. The number of aromatic hydroxyl groups is 1. The molecule has 0 aliphatic carbocycles. The quantitative estimate of drug-likeness (QED) is 0.610. The predicted octanol–water partition coefficient (Wildman–Crippen LogP) is 3.37. The molecule has 0 aliphatic rings. The number of ether oxygens (including phenoxy) is 1. The van der Waals surface area contributed by atoms with Crippen molar-refractivity contribution in [1.82, 2.24) is 4.98 Å². The molecule has 0 bridgehead atoms. The number of methoxy groups -OCH3 is 1. The van der Waals surface area contributed by atoms with E-state index in [4.69, 9.17) is 4.74 Å². The van der Waals surface area contributed by atoms with Gasteiger partial charge in [0.15, 0.2) is 0 Å². The van der Waals surface area contributed by atoms with Crippen molar-refractivity contribution in [3.05, 3.63) is 48.7 Å². The van der Waals surface area contributed by atoms with Gasteiger partial charge in [-0.3, -0.25) is 4.98 Å². The van der Waals surface area contributed by atoms with Crippen LogP contribution in [0.25, 0.3) is 10.9 Å². The first kappa shape index (κ1) is 16.9. The third-order valence-corrected chi connectivity index (χ3v) is 4.15. The largest absolute Gasteiger partial charge is 0.508 e. The minimum Gasteiger partial charge on any atom is -0.508 e. The number of hydrogen-bond donors (Lipinski definition) is 3. The highest BCUT2D eigenvalue weighted by Gasteiger charge is 2.07. The molecule has 3 aromatic rings. The molecule has 0 saturated carbocycles. The molecule has 7 heteroatoms. The highest BCUT2D eigenvalue weighted by molar-refractivity contribution is 8.00. The van der Waals surface area contributed by atoms with Crippen molar-refractivity contribution >= 4 is 43.5 Å². The van der Waals surface area contributed by atoms with Gasteiger partial charge in [-0.2, -0.15) is 0 Å². The van der Waals surface area contributed by atoms with Gasteiger partial charge >= 0.3 is 0 Å². The van der Waals surface area contributed by atoms with Crippen LogP contribution >= 0.6 is 0 Å². The molecule has 0 amide bonds. The second-order valence-electron chi connectivity index (χ2n) is 5.74.